The minimum absolute atomic E-state index is 0.155. The normalized spacial score (nSPS) is 11.4. The molecule has 0 unspecified atom stereocenters. The van der Waals surface area contributed by atoms with Gasteiger partial charge in [-0.15, -0.1) is 0 Å². The van der Waals surface area contributed by atoms with E-state index in [2.05, 4.69) is 32.9 Å². The predicted octanol–water partition coefficient (Wildman–Crippen LogP) is 4.98. The molecular weight excluding hydrogens is 288 g/mol. The predicted molar refractivity (Wildman–Crippen MR) is 95.3 cm³/mol. The van der Waals surface area contributed by atoms with Crippen molar-refractivity contribution in [2.24, 2.45) is 0 Å². The molecule has 0 heterocycles. The van der Waals surface area contributed by atoms with Gasteiger partial charge in [0.25, 0.3) is 0 Å². The largest absolute Gasteiger partial charge is 0.504 e. The number of phenolic OH excluding ortho intramolecular Hbond substituents is 1. The third kappa shape index (κ3) is 3.67. The molecule has 0 aliphatic heterocycles. The molecule has 0 atom stereocenters. The van der Waals surface area contributed by atoms with E-state index in [1.54, 1.807) is 26.4 Å². The summed E-state index contributed by atoms with van der Waals surface area (Å²) in [5.41, 5.74) is 5.58. The summed E-state index contributed by atoms with van der Waals surface area (Å²) in [6, 6.07) is 9.69. The molecule has 122 valence electrons. The van der Waals surface area contributed by atoms with E-state index < -0.39 is 0 Å². The van der Waals surface area contributed by atoms with Crippen molar-refractivity contribution in [3.8, 4) is 17.2 Å². The molecule has 0 amide bonds. The van der Waals surface area contributed by atoms with Crippen LogP contribution in [0.25, 0.3) is 11.6 Å². The Morgan fingerprint density at radius 3 is 2.30 bits per heavy atom. The lowest BCUT2D eigenvalue weighted by molar-refractivity contribution is 0.373. The van der Waals surface area contributed by atoms with Crippen molar-refractivity contribution in [1.29, 1.82) is 0 Å². The highest BCUT2D eigenvalue weighted by Gasteiger charge is 2.08. The van der Waals surface area contributed by atoms with Gasteiger partial charge in [0.05, 0.1) is 14.2 Å². The van der Waals surface area contributed by atoms with Crippen LogP contribution >= 0.6 is 0 Å². The number of hydrogen-bond acceptors (Lipinski definition) is 3. The summed E-state index contributed by atoms with van der Waals surface area (Å²) in [5.74, 6) is 1.53. The lowest BCUT2D eigenvalue weighted by atomic mass is 9.98. The zero-order chi connectivity index (χ0) is 17.0. The van der Waals surface area contributed by atoms with Crippen molar-refractivity contribution in [2.45, 2.75) is 27.2 Å². The van der Waals surface area contributed by atoms with Gasteiger partial charge in [0.15, 0.2) is 11.5 Å². The van der Waals surface area contributed by atoms with E-state index in [1.807, 2.05) is 12.1 Å². The zero-order valence-corrected chi connectivity index (χ0v) is 14.4. The smallest absolute Gasteiger partial charge is 0.160 e. The third-order valence-corrected chi connectivity index (χ3v) is 4.13. The summed E-state index contributed by atoms with van der Waals surface area (Å²) in [7, 11) is 3.24. The average Bonchev–Trinajstić information content (AvgIpc) is 2.55. The monoisotopic (exact) mass is 312 g/mol. The first-order valence-electron chi connectivity index (χ1n) is 7.73. The van der Waals surface area contributed by atoms with Gasteiger partial charge >= 0.3 is 0 Å². The number of aromatic hydroxyl groups is 1. The molecule has 3 nitrogen and oxygen atoms in total. The van der Waals surface area contributed by atoms with Crippen LogP contribution in [0.15, 0.2) is 30.3 Å². The first-order chi connectivity index (χ1) is 11.0. The van der Waals surface area contributed by atoms with E-state index in [-0.39, 0.29) is 5.75 Å². The second-order valence-electron chi connectivity index (χ2n) is 5.57. The fourth-order valence-electron chi connectivity index (χ4n) is 2.63. The van der Waals surface area contributed by atoms with Gasteiger partial charge in [-0.25, -0.2) is 0 Å². The van der Waals surface area contributed by atoms with Crippen LogP contribution in [-0.2, 0) is 0 Å². The maximum Gasteiger partial charge on any atom is 0.160 e. The quantitative estimate of drug-likeness (QED) is 0.792. The minimum Gasteiger partial charge on any atom is -0.504 e. The van der Waals surface area contributed by atoms with E-state index in [0.29, 0.717) is 5.75 Å². The van der Waals surface area contributed by atoms with E-state index >= 15 is 0 Å². The second kappa shape index (κ2) is 7.23. The highest BCUT2D eigenvalue weighted by atomic mass is 16.5. The maximum atomic E-state index is 9.99. The van der Waals surface area contributed by atoms with Crippen LogP contribution in [0.5, 0.6) is 17.2 Å². The topological polar surface area (TPSA) is 38.7 Å². The molecule has 3 heteroatoms. The van der Waals surface area contributed by atoms with Crippen molar-refractivity contribution < 1.29 is 14.6 Å². The van der Waals surface area contributed by atoms with Crippen LogP contribution in [-0.4, -0.2) is 19.3 Å². The average molecular weight is 312 g/mol. The molecule has 2 rings (SSSR count). The molecule has 0 fully saturated rings. The van der Waals surface area contributed by atoms with E-state index in [9.17, 15) is 5.11 Å². The summed E-state index contributed by atoms with van der Waals surface area (Å²) in [4.78, 5) is 0. The Balaban J connectivity index is 2.46. The summed E-state index contributed by atoms with van der Waals surface area (Å²) in [6.45, 7) is 6.25. The summed E-state index contributed by atoms with van der Waals surface area (Å²) in [6.07, 6.45) is 3.00. The van der Waals surface area contributed by atoms with Gasteiger partial charge in [0.1, 0.15) is 5.75 Å². The van der Waals surface area contributed by atoms with Gasteiger partial charge in [0.2, 0.25) is 0 Å². The fraction of sp³-hybridized carbons (Fsp3) is 0.300. The zero-order valence-electron chi connectivity index (χ0n) is 14.4. The Morgan fingerprint density at radius 2 is 1.74 bits per heavy atom. The fourth-order valence-corrected chi connectivity index (χ4v) is 2.63. The molecule has 2 aromatic rings. The van der Waals surface area contributed by atoms with E-state index in [0.717, 1.165) is 34.4 Å². The van der Waals surface area contributed by atoms with Crippen molar-refractivity contribution in [2.75, 3.05) is 14.2 Å². The van der Waals surface area contributed by atoms with Crippen LogP contribution in [0, 0.1) is 13.8 Å². The van der Waals surface area contributed by atoms with Crippen molar-refractivity contribution in [3.63, 3.8) is 0 Å². The molecule has 0 bridgehead atoms. The lowest BCUT2D eigenvalue weighted by Crippen LogP contribution is -1.92. The lowest BCUT2D eigenvalue weighted by Gasteiger charge is -2.12. The highest BCUT2D eigenvalue weighted by molar-refractivity contribution is 5.82. The first-order valence-corrected chi connectivity index (χ1v) is 7.73. The Bertz CT molecular complexity index is 730. The van der Waals surface area contributed by atoms with Crippen LogP contribution in [0.1, 0.15) is 35.6 Å². The number of hydrogen-bond donors (Lipinski definition) is 1. The third-order valence-electron chi connectivity index (χ3n) is 4.13. The Hall–Kier alpha value is -2.42. The Kier molecular flexibility index (Phi) is 5.32. The minimum atomic E-state index is 0.155. The Morgan fingerprint density at radius 1 is 1.04 bits per heavy atom. The summed E-state index contributed by atoms with van der Waals surface area (Å²) in [5, 5.41) is 9.99. The number of rotatable bonds is 5. The summed E-state index contributed by atoms with van der Waals surface area (Å²) < 4.78 is 10.6. The Labute approximate surface area is 138 Å². The number of aryl methyl sites for hydroxylation is 1. The molecule has 2 aromatic carbocycles. The molecule has 0 saturated heterocycles. The first kappa shape index (κ1) is 16.9. The van der Waals surface area contributed by atoms with Crippen LogP contribution in [0.2, 0.25) is 0 Å². The van der Waals surface area contributed by atoms with Crippen LogP contribution in [0.4, 0.5) is 0 Å². The van der Waals surface area contributed by atoms with Gasteiger partial charge in [-0.1, -0.05) is 25.1 Å². The number of ether oxygens (including phenoxy) is 2. The number of benzene rings is 2. The van der Waals surface area contributed by atoms with E-state index in [1.165, 1.54) is 5.56 Å². The highest BCUT2D eigenvalue weighted by Crippen LogP contribution is 2.32. The van der Waals surface area contributed by atoms with Crippen LogP contribution < -0.4 is 9.47 Å². The van der Waals surface area contributed by atoms with Gasteiger partial charge in [-0.3, -0.25) is 0 Å². The summed E-state index contributed by atoms with van der Waals surface area (Å²) >= 11 is 0. The SMILES string of the molecule is CC/C(=C/c1cc(C)c(C)c(OC)c1)c1ccc(OC)c(O)c1. The molecular formula is C20H24O3. The van der Waals surface area contributed by atoms with Crippen molar-refractivity contribution in [3.05, 3.63) is 52.6 Å². The maximum absolute atomic E-state index is 9.99. The van der Waals surface area contributed by atoms with E-state index in [4.69, 9.17) is 9.47 Å². The van der Waals surface area contributed by atoms with Crippen LogP contribution in [0.3, 0.4) is 0 Å². The van der Waals surface area contributed by atoms with Gasteiger partial charge in [-0.05, 0) is 66.3 Å². The van der Waals surface area contributed by atoms with Gasteiger partial charge in [0, 0.05) is 0 Å². The van der Waals surface area contributed by atoms with Crippen molar-refractivity contribution in [1.82, 2.24) is 0 Å². The van der Waals surface area contributed by atoms with Gasteiger partial charge in [-0.2, -0.15) is 0 Å². The number of methoxy groups -OCH3 is 2. The van der Waals surface area contributed by atoms with Gasteiger partial charge < -0.3 is 14.6 Å². The van der Waals surface area contributed by atoms with Crippen molar-refractivity contribution >= 4 is 11.6 Å². The molecule has 0 aliphatic carbocycles. The molecule has 23 heavy (non-hydrogen) atoms. The molecule has 0 aromatic heterocycles. The molecule has 0 aliphatic rings. The standard InChI is InChI=1S/C20H24O3/c1-6-16(17-7-8-19(22-4)18(21)12-17)10-15-9-13(2)14(3)20(11-15)23-5/h7-12,21H,6H2,1-5H3/b16-10-. The molecule has 1 N–H and O–H groups in total. The molecule has 0 saturated carbocycles. The molecule has 0 radical (unpaired) electrons. The number of allylic oxidation sites excluding steroid dienone is 1. The molecule has 0 spiro atoms. The number of phenols is 1. The second-order valence-corrected chi connectivity index (χ2v) is 5.57.